The molecule has 0 bridgehead atoms. The minimum atomic E-state index is -0.641. The van der Waals surface area contributed by atoms with Crippen LogP contribution in [0.3, 0.4) is 0 Å². The number of aldehydes is 1. The van der Waals surface area contributed by atoms with Crippen LogP contribution in [0.4, 0.5) is 4.79 Å². The number of carbonyl (C=O) groups excluding carboxylic acids is 3. The van der Waals surface area contributed by atoms with Crippen molar-refractivity contribution in [2.24, 2.45) is 0 Å². The number of alkyl carbamates (subject to hydrolysis) is 1. The van der Waals surface area contributed by atoms with Gasteiger partial charge in [0.05, 0.1) is 10.9 Å². The Morgan fingerprint density at radius 2 is 2.05 bits per heavy atom. The van der Waals surface area contributed by atoms with Crippen LogP contribution < -0.4 is 5.32 Å². The number of hydrogen-bond acceptors (Lipinski definition) is 5. The Balaban J connectivity index is 2.58. The predicted octanol–water partition coefficient (Wildman–Crippen LogP) is 1.39. The van der Waals surface area contributed by atoms with Crippen LogP contribution in [0, 0.1) is 0 Å². The van der Waals surface area contributed by atoms with E-state index in [1.807, 2.05) is 13.8 Å². The third-order valence-corrected chi connectivity index (χ3v) is 4.14. The van der Waals surface area contributed by atoms with E-state index in [2.05, 4.69) is 5.32 Å². The molecular formula is C13H22N2O4S. The fourth-order valence-corrected chi connectivity index (χ4v) is 3.15. The van der Waals surface area contributed by atoms with Crippen molar-refractivity contribution < 1.29 is 19.1 Å². The number of rotatable bonds is 3. The van der Waals surface area contributed by atoms with Gasteiger partial charge in [-0.3, -0.25) is 4.79 Å². The Morgan fingerprint density at radius 3 is 2.55 bits per heavy atom. The zero-order valence-corrected chi connectivity index (χ0v) is 13.4. The summed E-state index contributed by atoms with van der Waals surface area (Å²) in [5.41, 5.74) is -0.610. The molecule has 1 rings (SSSR count). The van der Waals surface area contributed by atoms with Crippen molar-refractivity contribution in [3.05, 3.63) is 0 Å². The van der Waals surface area contributed by atoms with E-state index in [1.165, 1.54) is 4.90 Å². The van der Waals surface area contributed by atoms with Gasteiger partial charge in [0, 0.05) is 5.75 Å². The Kier molecular flexibility index (Phi) is 5.07. The molecule has 20 heavy (non-hydrogen) atoms. The summed E-state index contributed by atoms with van der Waals surface area (Å²) in [6.45, 7) is 8.83. The van der Waals surface area contributed by atoms with Crippen molar-refractivity contribution >= 4 is 30.0 Å². The van der Waals surface area contributed by atoms with Crippen molar-refractivity contribution in [3.63, 3.8) is 0 Å². The Morgan fingerprint density at radius 1 is 1.45 bits per heavy atom. The van der Waals surface area contributed by atoms with E-state index in [9.17, 15) is 14.4 Å². The van der Waals surface area contributed by atoms with Gasteiger partial charge in [-0.15, -0.1) is 11.8 Å². The summed E-state index contributed by atoms with van der Waals surface area (Å²) in [7, 11) is 0. The van der Waals surface area contributed by atoms with E-state index in [0.717, 1.165) is 6.29 Å². The number of nitrogens with one attached hydrogen (secondary N) is 1. The lowest BCUT2D eigenvalue weighted by atomic mass is 10.2. The van der Waals surface area contributed by atoms with Crippen LogP contribution in [0.2, 0.25) is 0 Å². The van der Waals surface area contributed by atoms with E-state index in [1.54, 1.807) is 32.5 Å². The highest BCUT2D eigenvalue weighted by molar-refractivity contribution is 8.00. The van der Waals surface area contributed by atoms with Crippen molar-refractivity contribution in [2.75, 3.05) is 12.3 Å². The third-order valence-electron chi connectivity index (χ3n) is 2.73. The summed E-state index contributed by atoms with van der Waals surface area (Å²) in [5.74, 6) is 0.289. The second kappa shape index (κ2) is 6.03. The first-order valence-corrected chi connectivity index (χ1v) is 7.43. The molecule has 1 atom stereocenters. The summed E-state index contributed by atoms with van der Waals surface area (Å²) >= 11 is 1.54. The highest BCUT2D eigenvalue weighted by Crippen LogP contribution is 2.37. The largest absolute Gasteiger partial charge is 0.444 e. The van der Waals surface area contributed by atoms with Crippen LogP contribution in [-0.2, 0) is 14.3 Å². The van der Waals surface area contributed by atoms with Crippen molar-refractivity contribution in [3.8, 4) is 0 Å². The predicted molar refractivity (Wildman–Crippen MR) is 77.5 cm³/mol. The molecule has 0 spiro atoms. The minimum absolute atomic E-state index is 0.177. The van der Waals surface area contributed by atoms with Gasteiger partial charge in [0.25, 0.3) is 0 Å². The zero-order chi connectivity index (χ0) is 15.6. The van der Waals surface area contributed by atoms with Gasteiger partial charge in [0.15, 0.2) is 0 Å². The number of nitrogens with zero attached hydrogens (tertiary/aromatic N) is 1. The van der Waals surface area contributed by atoms with Gasteiger partial charge in [-0.2, -0.15) is 0 Å². The van der Waals surface area contributed by atoms with Crippen LogP contribution in [0.25, 0.3) is 0 Å². The molecule has 0 aromatic heterocycles. The summed E-state index contributed by atoms with van der Waals surface area (Å²) in [6.07, 6.45) is 0.130. The van der Waals surface area contributed by atoms with Gasteiger partial charge in [-0.05, 0) is 34.6 Å². The SMILES string of the molecule is CC(C)(C)OC(=O)NCC(=O)N1[C@@H](C=O)CSC1(C)C. The van der Waals surface area contributed by atoms with Gasteiger partial charge in [-0.25, -0.2) is 4.79 Å². The third kappa shape index (κ3) is 4.40. The summed E-state index contributed by atoms with van der Waals surface area (Å²) in [5, 5.41) is 2.42. The maximum absolute atomic E-state index is 12.2. The molecule has 2 amide bonds. The smallest absolute Gasteiger partial charge is 0.408 e. The molecule has 0 saturated carbocycles. The van der Waals surface area contributed by atoms with Crippen LogP contribution in [0.5, 0.6) is 0 Å². The Hall–Kier alpha value is -1.24. The summed E-state index contributed by atoms with van der Waals surface area (Å²) in [6, 6.07) is -0.442. The second-order valence-corrected chi connectivity index (χ2v) is 7.70. The number of ether oxygens (including phenoxy) is 1. The Bertz CT molecular complexity index is 404. The first-order chi connectivity index (χ1) is 9.07. The average molecular weight is 302 g/mol. The quantitative estimate of drug-likeness (QED) is 0.797. The second-order valence-electron chi connectivity index (χ2n) is 6.08. The van der Waals surface area contributed by atoms with Crippen LogP contribution in [0.15, 0.2) is 0 Å². The average Bonchev–Trinajstić information content (AvgIpc) is 2.59. The fourth-order valence-electron chi connectivity index (χ4n) is 1.97. The lowest BCUT2D eigenvalue weighted by Crippen LogP contribution is -2.51. The van der Waals surface area contributed by atoms with Crippen molar-refractivity contribution in [1.82, 2.24) is 10.2 Å². The van der Waals surface area contributed by atoms with Crippen LogP contribution in [-0.4, -0.2) is 52.0 Å². The first-order valence-electron chi connectivity index (χ1n) is 6.45. The van der Waals surface area contributed by atoms with E-state index >= 15 is 0 Å². The molecule has 1 saturated heterocycles. The molecule has 1 heterocycles. The molecule has 7 heteroatoms. The van der Waals surface area contributed by atoms with Crippen molar-refractivity contribution in [2.45, 2.75) is 51.1 Å². The van der Waals surface area contributed by atoms with Crippen molar-refractivity contribution in [1.29, 1.82) is 0 Å². The van der Waals surface area contributed by atoms with E-state index in [4.69, 9.17) is 4.74 Å². The normalized spacial score (nSPS) is 21.4. The molecule has 0 radical (unpaired) electrons. The van der Waals surface area contributed by atoms with Gasteiger partial charge in [-0.1, -0.05) is 0 Å². The molecule has 1 aliphatic heterocycles. The topological polar surface area (TPSA) is 75.7 Å². The molecule has 1 aliphatic rings. The minimum Gasteiger partial charge on any atom is -0.444 e. The first kappa shape index (κ1) is 16.8. The fraction of sp³-hybridized carbons (Fsp3) is 0.769. The highest BCUT2D eigenvalue weighted by atomic mass is 32.2. The molecule has 1 fully saturated rings. The van der Waals surface area contributed by atoms with Gasteiger partial charge in [0.1, 0.15) is 18.4 Å². The molecule has 0 aromatic carbocycles. The maximum atomic E-state index is 12.2. The van der Waals surface area contributed by atoms with E-state index in [-0.39, 0.29) is 12.5 Å². The molecular weight excluding hydrogens is 280 g/mol. The number of carbonyl (C=O) groups is 3. The molecule has 114 valence electrons. The number of amides is 2. The Labute approximate surface area is 123 Å². The molecule has 0 aliphatic carbocycles. The molecule has 0 unspecified atom stereocenters. The van der Waals surface area contributed by atoms with Gasteiger partial charge >= 0.3 is 6.09 Å². The zero-order valence-electron chi connectivity index (χ0n) is 12.6. The molecule has 1 N–H and O–H groups in total. The van der Waals surface area contributed by atoms with Crippen LogP contribution >= 0.6 is 11.8 Å². The maximum Gasteiger partial charge on any atom is 0.408 e. The van der Waals surface area contributed by atoms with Gasteiger partial charge < -0.3 is 19.7 Å². The number of thioether (sulfide) groups is 1. The molecule has 0 aromatic rings. The highest BCUT2D eigenvalue weighted by Gasteiger charge is 2.42. The summed E-state index contributed by atoms with van der Waals surface area (Å²) < 4.78 is 5.06. The van der Waals surface area contributed by atoms with Crippen LogP contribution in [0.1, 0.15) is 34.6 Å². The monoisotopic (exact) mass is 302 g/mol. The standard InChI is InChI=1S/C13H22N2O4S/c1-12(2,3)19-11(18)14-6-10(17)15-9(7-16)8-20-13(15,4)5/h7,9H,6,8H2,1-5H3,(H,14,18)/t9-/m0/s1. The van der Waals surface area contributed by atoms with E-state index in [0.29, 0.717) is 5.75 Å². The lowest BCUT2D eigenvalue weighted by Gasteiger charge is -2.33. The summed E-state index contributed by atoms with van der Waals surface area (Å²) in [4.78, 5) is 35.8. The lowest BCUT2D eigenvalue weighted by molar-refractivity contribution is -0.137. The van der Waals surface area contributed by atoms with Gasteiger partial charge in [0.2, 0.25) is 5.91 Å². The van der Waals surface area contributed by atoms with E-state index < -0.39 is 22.6 Å². The molecule has 6 nitrogen and oxygen atoms in total. The number of hydrogen-bond donors (Lipinski definition) is 1.